The molecule has 2 amide bonds. The van der Waals surface area contributed by atoms with Crippen LogP contribution in [0, 0.1) is 30.1 Å². The Hall–Kier alpha value is -2.82. The van der Waals surface area contributed by atoms with E-state index in [-0.39, 0.29) is 17.2 Å². The topological polar surface area (TPSA) is 67.4 Å². The summed E-state index contributed by atoms with van der Waals surface area (Å²) in [6, 6.07) is 14.4. The maximum absolute atomic E-state index is 13.6. The third-order valence-corrected chi connectivity index (χ3v) is 7.91. The van der Waals surface area contributed by atoms with Gasteiger partial charge in [0, 0.05) is 16.7 Å². The van der Waals surface area contributed by atoms with E-state index in [1.54, 1.807) is 7.11 Å². The van der Waals surface area contributed by atoms with Crippen molar-refractivity contribution in [3.05, 3.63) is 59.7 Å². The Morgan fingerprint density at radius 2 is 1.47 bits per heavy atom. The molecule has 0 aliphatic heterocycles. The van der Waals surface area contributed by atoms with Crippen LogP contribution in [0.4, 0.5) is 5.69 Å². The normalized spacial score (nSPS) is 28.8. The number of methoxy groups -OCH3 is 1. The van der Waals surface area contributed by atoms with Crippen LogP contribution in [-0.2, 0) is 4.79 Å². The second-order valence-electron chi connectivity index (χ2n) is 10.3. The fourth-order valence-corrected chi connectivity index (χ4v) is 6.84. The molecule has 32 heavy (non-hydrogen) atoms. The highest BCUT2D eigenvalue weighted by Crippen LogP contribution is 2.61. The molecule has 4 aliphatic rings. The van der Waals surface area contributed by atoms with Gasteiger partial charge in [0.1, 0.15) is 11.8 Å². The maximum atomic E-state index is 13.6. The Labute approximate surface area is 189 Å². The van der Waals surface area contributed by atoms with E-state index in [1.807, 2.05) is 55.5 Å². The predicted molar refractivity (Wildman–Crippen MR) is 125 cm³/mol. The molecule has 0 radical (unpaired) electrons. The van der Waals surface area contributed by atoms with E-state index in [0.717, 1.165) is 36.3 Å². The van der Waals surface area contributed by atoms with Crippen molar-refractivity contribution >= 4 is 17.5 Å². The Balaban J connectivity index is 1.42. The van der Waals surface area contributed by atoms with Gasteiger partial charge in [-0.05, 0) is 99.6 Å². The number of aryl methyl sites for hydroxylation is 1. The number of anilines is 1. The first-order valence-electron chi connectivity index (χ1n) is 11.8. The monoisotopic (exact) mass is 432 g/mol. The Morgan fingerprint density at radius 1 is 0.906 bits per heavy atom. The molecule has 0 saturated heterocycles. The van der Waals surface area contributed by atoms with Gasteiger partial charge in [0.05, 0.1) is 7.11 Å². The van der Waals surface area contributed by atoms with E-state index in [1.165, 1.54) is 19.3 Å². The van der Waals surface area contributed by atoms with Crippen LogP contribution < -0.4 is 15.4 Å². The molecule has 4 bridgehead atoms. The molecule has 4 aliphatic carbocycles. The molecule has 0 unspecified atom stereocenters. The van der Waals surface area contributed by atoms with Crippen LogP contribution in [0.2, 0.25) is 0 Å². The van der Waals surface area contributed by atoms with Crippen molar-refractivity contribution in [2.75, 3.05) is 12.4 Å². The third-order valence-electron chi connectivity index (χ3n) is 7.91. The van der Waals surface area contributed by atoms with Crippen LogP contribution in [0.15, 0.2) is 48.5 Å². The van der Waals surface area contributed by atoms with Crippen molar-refractivity contribution in [3.63, 3.8) is 0 Å². The molecule has 4 fully saturated rings. The van der Waals surface area contributed by atoms with Crippen LogP contribution in [0.25, 0.3) is 0 Å². The van der Waals surface area contributed by atoms with Crippen molar-refractivity contribution in [3.8, 4) is 5.75 Å². The highest BCUT2D eigenvalue weighted by molar-refractivity contribution is 6.01. The summed E-state index contributed by atoms with van der Waals surface area (Å²) in [7, 11) is 1.62. The van der Waals surface area contributed by atoms with Crippen molar-refractivity contribution < 1.29 is 14.3 Å². The van der Waals surface area contributed by atoms with Gasteiger partial charge in [-0.2, -0.15) is 0 Å². The molecule has 0 aromatic heterocycles. The summed E-state index contributed by atoms with van der Waals surface area (Å²) in [6.07, 6.45) is 6.98. The first-order valence-corrected chi connectivity index (χ1v) is 11.8. The first kappa shape index (κ1) is 21.0. The minimum Gasteiger partial charge on any atom is -0.497 e. The lowest BCUT2D eigenvalue weighted by Crippen LogP contribution is -2.61. The number of hydrogen-bond donors (Lipinski definition) is 2. The van der Waals surface area contributed by atoms with E-state index in [2.05, 4.69) is 10.6 Å². The largest absolute Gasteiger partial charge is 0.497 e. The fraction of sp³-hybridized carbons (Fsp3) is 0.481. The number of ether oxygens (including phenoxy) is 1. The first-order chi connectivity index (χ1) is 15.4. The summed E-state index contributed by atoms with van der Waals surface area (Å²) in [6.45, 7) is 2.00. The van der Waals surface area contributed by atoms with Gasteiger partial charge in [0.2, 0.25) is 5.91 Å². The lowest BCUT2D eigenvalue weighted by atomic mass is 9.47. The van der Waals surface area contributed by atoms with Gasteiger partial charge < -0.3 is 15.4 Å². The number of hydrogen-bond acceptors (Lipinski definition) is 3. The van der Waals surface area contributed by atoms with Crippen molar-refractivity contribution in [2.24, 2.45) is 23.2 Å². The summed E-state index contributed by atoms with van der Waals surface area (Å²) >= 11 is 0. The van der Waals surface area contributed by atoms with E-state index >= 15 is 0 Å². The Kier molecular flexibility index (Phi) is 5.44. The lowest BCUT2D eigenvalue weighted by molar-refractivity contribution is -0.129. The van der Waals surface area contributed by atoms with E-state index in [0.29, 0.717) is 23.3 Å². The molecule has 1 atom stereocenters. The maximum Gasteiger partial charge on any atom is 0.251 e. The molecule has 2 aromatic carbocycles. The molecule has 2 aromatic rings. The molecule has 5 heteroatoms. The standard InChI is InChI=1S/C27H32N2O3/c1-17-3-5-21(6-4-17)25(30)29-24(26(31)28-22-7-9-23(32-2)10-8-22)27-14-18-11-19(15-27)13-20(12-18)16-27/h3-10,18-20,24H,11-16H2,1-2H3,(H,28,31)(H,29,30)/t18?,19?,20?,24-,27?/m0/s1. The van der Waals surface area contributed by atoms with Gasteiger partial charge >= 0.3 is 0 Å². The van der Waals surface area contributed by atoms with E-state index in [9.17, 15) is 9.59 Å². The SMILES string of the molecule is COc1ccc(NC(=O)[C@H](NC(=O)c2ccc(C)cc2)C23CC4CC(CC(C4)C2)C3)cc1. The molecular weight excluding hydrogens is 400 g/mol. The van der Waals surface area contributed by atoms with Crippen molar-refractivity contribution in [2.45, 2.75) is 51.5 Å². The van der Waals surface area contributed by atoms with E-state index in [4.69, 9.17) is 4.74 Å². The summed E-state index contributed by atoms with van der Waals surface area (Å²) < 4.78 is 5.23. The van der Waals surface area contributed by atoms with Crippen LogP contribution >= 0.6 is 0 Å². The summed E-state index contributed by atoms with van der Waals surface area (Å²) in [5.74, 6) is 2.53. The van der Waals surface area contributed by atoms with E-state index < -0.39 is 6.04 Å². The number of amides is 2. The number of carbonyl (C=O) groups is 2. The van der Waals surface area contributed by atoms with Crippen LogP contribution in [0.1, 0.15) is 54.4 Å². The van der Waals surface area contributed by atoms with Crippen molar-refractivity contribution in [1.82, 2.24) is 5.32 Å². The minimum atomic E-state index is -0.535. The number of nitrogens with one attached hydrogen (secondary N) is 2. The molecule has 0 heterocycles. The Bertz CT molecular complexity index is 961. The average Bonchev–Trinajstić information content (AvgIpc) is 2.77. The molecule has 6 rings (SSSR count). The van der Waals surface area contributed by atoms with Crippen LogP contribution in [0.3, 0.4) is 0 Å². The minimum absolute atomic E-state index is 0.113. The number of benzene rings is 2. The van der Waals surface area contributed by atoms with Crippen LogP contribution in [-0.4, -0.2) is 25.0 Å². The summed E-state index contributed by atoms with van der Waals surface area (Å²) in [5.41, 5.74) is 2.28. The second kappa shape index (κ2) is 8.27. The molecular formula is C27H32N2O3. The highest BCUT2D eigenvalue weighted by Gasteiger charge is 2.56. The number of carbonyl (C=O) groups excluding carboxylic acids is 2. The zero-order chi connectivity index (χ0) is 22.3. The molecule has 4 saturated carbocycles. The van der Waals surface area contributed by atoms with Crippen molar-refractivity contribution in [1.29, 1.82) is 0 Å². The lowest BCUT2D eigenvalue weighted by Gasteiger charge is -2.58. The molecule has 0 spiro atoms. The molecule has 2 N–H and O–H groups in total. The van der Waals surface area contributed by atoms with Gasteiger partial charge in [-0.15, -0.1) is 0 Å². The predicted octanol–water partition coefficient (Wildman–Crippen LogP) is 4.96. The fourth-order valence-electron chi connectivity index (χ4n) is 6.84. The van der Waals surface area contributed by atoms with Crippen LogP contribution in [0.5, 0.6) is 5.75 Å². The smallest absolute Gasteiger partial charge is 0.251 e. The van der Waals surface area contributed by atoms with Gasteiger partial charge in [-0.25, -0.2) is 0 Å². The van der Waals surface area contributed by atoms with Gasteiger partial charge in [-0.1, -0.05) is 17.7 Å². The quantitative estimate of drug-likeness (QED) is 0.678. The molecule has 168 valence electrons. The second-order valence-corrected chi connectivity index (χ2v) is 10.3. The van der Waals surface area contributed by atoms with Gasteiger partial charge in [0.25, 0.3) is 5.91 Å². The molecule has 5 nitrogen and oxygen atoms in total. The third kappa shape index (κ3) is 4.01. The van der Waals surface area contributed by atoms with Gasteiger partial charge in [-0.3, -0.25) is 9.59 Å². The zero-order valence-electron chi connectivity index (χ0n) is 18.9. The van der Waals surface area contributed by atoms with Gasteiger partial charge in [0.15, 0.2) is 0 Å². The summed E-state index contributed by atoms with van der Waals surface area (Å²) in [4.78, 5) is 26.8. The number of rotatable bonds is 6. The summed E-state index contributed by atoms with van der Waals surface area (Å²) in [5, 5.41) is 6.25. The average molecular weight is 433 g/mol. The highest BCUT2D eigenvalue weighted by atomic mass is 16.5. The Morgan fingerprint density at radius 3 is 2.00 bits per heavy atom. The zero-order valence-corrected chi connectivity index (χ0v) is 18.9.